The third-order valence-electron chi connectivity index (χ3n) is 1.67. The van der Waals surface area contributed by atoms with Crippen molar-refractivity contribution < 1.29 is 23.1 Å². The van der Waals surface area contributed by atoms with Crippen molar-refractivity contribution in [3.63, 3.8) is 0 Å². The van der Waals surface area contributed by atoms with E-state index in [9.17, 15) is 13.2 Å². The van der Waals surface area contributed by atoms with E-state index in [1.165, 1.54) is 0 Å². The molecule has 1 heterocycles. The highest BCUT2D eigenvalue weighted by molar-refractivity contribution is 5.73. The molecule has 0 aliphatic carbocycles. The Hall–Kier alpha value is -1.63. The average Bonchev–Trinajstić information content (AvgIpc) is 2.17. The fourth-order valence-corrected chi connectivity index (χ4v) is 0.781. The van der Waals surface area contributed by atoms with Gasteiger partial charge >= 0.3 is 12.1 Å². The van der Waals surface area contributed by atoms with Crippen LogP contribution >= 0.6 is 0 Å². The molecule has 0 aliphatic heterocycles. The third-order valence-corrected chi connectivity index (χ3v) is 1.67. The molecule has 0 aliphatic rings. The summed E-state index contributed by atoms with van der Waals surface area (Å²) in [6, 6.07) is 3.86. The Morgan fingerprint density at radius 3 is 1.82 bits per heavy atom. The molecule has 0 amide bonds. The molecule has 17 heavy (non-hydrogen) atoms. The molecule has 0 radical (unpaired) electrons. The maximum absolute atomic E-state index is 10.6. The van der Waals surface area contributed by atoms with E-state index in [1.807, 2.05) is 26.0 Å². The fraction of sp³-hybridized carbons (Fsp3) is 0.400. The van der Waals surface area contributed by atoms with Gasteiger partial charge in [-0.15, -0.1) is 0 Å². The number of aliphatic carboxylic acids is 1. The Morgan fingerprint density at radius 1 is 1.29 bits per heavy atom. The van der Waals surface area contributed by atoms with Crippen LogP contribution in [0.2, 0.25) is 0 Å². The average molecular weight is 250 g/mol. The summed E-state index contributed by atoms with van der Waals surface area (Å²) in [5.41, 5.74) is 6.70. The SMILES string of the molecule is CC(C)(N)c1ccncc1.O=C(O)C(F)(F)F. The molecule has 3 N–H and O–H groups in total. The summed E-state index contributed by atoms with van der Waals surface area (Å²) in [5.74, 6) is -2.76. The molecule has 1 aromatic heterocycles. The Morgan fingerprint density at radius 2 is 1.65 bits per heavy atom. The summed E-state index contributed by atoms with van der Waals surface area (Å²) in [6.45, 7) is 3.95. The molecule has 0 atom stereocenters. The maximum atomic E-state index is 10.6. The van der Waals surface area contributed by atoms with Crippen LogP contribution in [-0.4, -0.2) is 22.2 Å². The van der Waals surface area contributed by atoms with Gasteiger partial charge in [0.1, 0.15) is 0 Å². The lowest BCUT2D eigenvalue weighted by atomic mass is 9.97. The second kappa shape index (κ2) is 5.62. The van der Waals surface area contributed by atoms with Gasteiger partial charge in [0.25, 0.3) is 0 Å². The van der Waals surface area contributed by atoms with Crippen LogP contribution in [0.1, 0.15) is 19.4 Å². The third kappa shape index (κ3) is 6.52. The van der Waals surface area contributed by atoms with Crippen LogP contribution in [-0.2, 0) is 10.3 Å². The number of carboxylic acid groups (broad SMARTS) is 1. The first-order valence-corrected chi connectivity index (χ1v) is 4.54. The lowest BCUT2D eigenvalue weighted by Gasteiger charge is -2.17. The monoisotopic (exact) mass is 250 g/mol. The van der Waals surface area contributed by atoms with E-state index >= 15 is 0 Å². The first-order valence-electron chi connectivity index (χ1n) is 4.54. The number of nitrogens with zero attached hydrogens (tertiary/aromatic N) is 1. The van der Waals surface area contributed by atoms with Gasteiger partial charge in [-0.25, -0.2) is 4.79 Å². The number of pyridine rings is 1. The predicted octanol–water partition coefficient (Wildman–Crippen LogP) is 1.91. The van der Waals surface area contributed by atoms with Crippen molar-refractivity contribution in [2.24, 2.45) is 5.73 Å². The van der Waals surface area contributed by atoms with Crippen molar-refractivity contribution in [2.75, 3.05) is 0 Å². The molecule has 0 spiro atoms. The summed E-state index contributed by atoms with van der Waals surface area (Å²) >= 11 is 0. The Balaban J connectivity index is 0.000000325. The Kier molecular flexibility index (Phi) is 5.09. The van der Waals surface area contributed by atoms with E-state index in [0.717, 1.165) is 5.56 Å². The number of carboxylic acids is 1. The zero-order chi connectivity index (χ0) is 13.7. The smallest absolute Gasteiger partial charge is 0.475 e. The van der Waals surface area contributed by atoms with E-state index in [1.54, 1.807) is 12.4 Å². The standard InChI is InChI=1S/C8H12N2.C2HF3O2/c1-8(2,9)7-3-5-10-6-4-7;3-2(4,5)1(6)7/h3-6H,9H2,1-2H3;(H,6,7). The van der Waals surface area contributed by atoms with Gasteiger partial charge in [-0.05, 0) is 31.5 Å². The highest BCUT2D eigenvalue weighted by Gasteiger charge is 2.38. The van der Waals surface area contributed by atoms with Gasteiger partial charge in [-0.1, -0.05) is 0 Å². The second-order valence-electron chi connectivity index (χ2n) is 3.76. The lowest BCUT2D eigenvalue weighted by molar-refractivity contribution is -0.192. The number of rotatable bonds is 1. The summed E-state index contributed by atoms with van der Waals surface area (Å²) in [5, 5.41) is 7.12. The van der Waals surface area contributed by atoms with Crippen LogP contribution in [0.3, 0.4) is 0 Å². The zero-order valence-corrected chi connectivity index (χ0v) is 9.32. The quantitative estimate of drug-likeness (QED) is 0.798. The van der Waals surface area contributed by atoms with E-state index in [4.69, 9.17) is 15.6 Å². The summed E-state index contributed by atoms with van der Waals surface area (Å²) in [7, 11) is 0. The van der Waals surface area contributed by atoms with Gasteiger partial charge < -0.3 is 10.8 Å². The summed E-state index contributed by atoms with van der Waals surface area (Å²) in [6.07, 6.45) is -1.58. The van der Waals surface area contributed by atoms with Crippen molar-refractivity contribution in [3.8, 4) is 0 Å². The van der Waals surface area contributed by atoms with Gasteiger partial charge in [0.05, 0.1) is 0 Å². The number of hydrogen-bond donors (Lipinski definition) is 2. The molecule has 96 valence electrons. The number of aromatic nitrogens is 1. The van der Waals surface area contributed by atoms with Crippen LogP contribution in [0.5, 0.6) is 0 Å². The molecular weight excluding hydrogens is 237 g/mol. The minimum Gasteiger partial charge on any atom is -0.475 e. The first-order chi connectivity index (χ1) is 7.55. The van der Waals surface area contributed by atoms with E-state index in [0.29, 0.717) is 0 Å². The number of carbonyl (C=O) groups is 1. The Bertz CT molecular complexity index is 358. The minimum atomic E-state index is -5.08. The van der Waals surface area contributed by atoms with Crippen molar-refractivity contribution >= 4 is 5.97 Å². The highest BCUT2D eigenvalue weighted by Crippen LogP contribution is 2.14. The van der Waals surface area contributed by atoms with Crippen LogP contribution in [0.4, 0.5) is 13.2 Å². The Labute approximate surface area is 96.3 Å². The van der Waals surface area contributed by atoms with Crippen LogP contribution in [0.25, 0.3) is 0 Å². The van der Waals surface area contributed by atoms with E-state index in [2.05, 4.69) is 4.98 Å². The molecule has 1 rings (SSSR count). The van der Waals surface area contributed by atoms with E-state index < -0.39 is 12.1 Å². The summed E-state index contributed by atoms with van der Waals surface area (Å²) in [4.78, 5) is 12.8. The molecule has 0 saturated carbocycles. The van der Waals surface area contributed by atoms with Gasteiger partial charge in [-0.3, -0.25) is 4.98 Å². The normalized spacial score (nSPS) is 11.4. The molecule has 1 aromatic rings. The van der Waals surface area contributed by atoms with Crippen molar-refractivity contribution in [1.29, 1.82) is 0 Å². The molecule has 0 aromatic carbocycles. The lowest BCUT2D eigenvalue weighted by Crippen LogP contribution is -2.28. The first kappa shape index (κ1) is 15.4. The molecule has 0 bridgehead atoms. The van der Waals surface area contributed by atoms with Gasteiger partial charge in [0, 0.05) is 17.9 Å². The van der Waals surface area contributed by atoms with Crippen molar-refractivity contribution in [3.05, 3.63) is 30.1 Å². The summed E-state index contributed by atoms with van der Waals surface area (Å²) < 4.78 is 31.7. The largest absolute Gasteiger partial charge is 0.490 e. The molecule has 0 saturated heterocycles. The van der Waals surface area contributed by atoms with Gasteiger partial charge in [0.2, 0.25) is 0 Å². The predicted molar refractivity (Wildman–Crippen MR) is 55.1 cm³/mol. The minimum absolute atomic E-state index is 0.247. The second-order valence-corrected chi connectivity index (χ2v) is 3.76. The topological polar surface area (TPSA) is 76.2 Å². The zero-order valence-electron chi connectivity index (χ0n) is 9.32. The van der Waals surface area contributed by atoms with Crippen LogP contribution in [0, 0.1) is 0 Å². The molecule has 0 fully saturated rings. The molecule has 0 unspecified atom stereocenters. The maximum Gasteiger partial charge on any atom is 0.490 e. The number of alkyl halides is 3. The van der Waals surface area contributed by atoms with Gasteiger partial charge in [-0.2, -0.15) is 13.2 Å². The molecular formula is C10H13F3N2O2. The van der Waals surface area contributed by atoms with Crippen molar-refractivity contribution in [2.45, 2.75) is 25.6 Å². The van der Waals surface area contributed by atoms with Crippen molar-refractivity contribution in [1.82, 2.24) is 4.98 Å². The van der Waals surface area contributed by atoms with E-state index in [-0.39, 0.29) is 5.54 Å². The number of hydrogen-bond acceptors (Lipinski definition) is 3. The highest BCUT2D eigenvalue weighted by atomic mass is 19.4. The molecule has 4 nitrogen and oxygen atoms in total. The number of halogens is 3. The fourth-order valence-electron chi connectivity index (χ4n) is 0.781. The van der Waals surface area contributed by atoms with Crippen LogP contribution in [0.15, 0.2) is 24.5 Å². The number of nitrogens with two attached hydrogens (primary N) is 1. The van der Waals surface area contributed by atoms with Crippen LogP contribution < -0.4 is 5.73 Å². The van der Waals surface area contributed by atoms with Gasteiger partial charge in [0.15, 0.2) is 0 Å². The molecule has 7 heteroatoms.